The molecule has 0 aromatic heterocycles. The molecule has 0 aliphatic carbocycles. The average Bonchev–Trinajstić information content (AvgIpc) is 2.36. The Morgan fingerprint density at radius 2 is 1.56 bits per heavy atom. The molecular weight excluding hydrogens is 252 g/mol. The first-order valence-corrected chi connectivity index (χ1v) is 6.74. The average molecular weight is 264 g/mol. The Morgan fingerprint density at radius 3 is 2.11 bits per heavy atom. The van der Waals surface area contributed by atoms with Gasteiger partial charge in [0.15, 0.2) is 11.5 Å². The second kappa shape index (κ2) is 4.34. The van der Waals surface area contributed by atoms with E-state index in [0.717, 1.165) is 6.07 Å². The molecule has 0 saturated heterocycles. The van der Waals surface area contributed by atoms with Gasteiger partial charge in [-0.2, -0.15) is 0 Å². The number of phenolic OH excluding ortho intramolecular Hbond substituents is 2. The highest BCUT2D eigenvalue weighted by Crippen LogP contribution is 2.33. The van der Waals surface area contributed by atoms with E-state index in [-0.39, 0.29) is 15.5 Å². The van der Waals surface area contributed by atoms with Gasteiger partial charge in [0.2, 0.25) is 9.84 Å². The van der Waals surface area contributed by atoms with E-state index >= 15 is 0 Å². The molecule has 0 saturated carbocycles. The van der Waals surface area contributed by atoms with Crippen molar-refractivity contribution in [2.45, 2.75) is 16.7 Å². The van der Waals surface area contributed by atoms with Crippen LogP contribution in [-0.4, -0.2) is 18.6 Å². The van der Waals surface area contributed by atoms with Crippen LogP contribution >= 0.6 is 0 Å². The van der Waals surface area contributed by atoms with Gasteiger partial charge in [0.25, 0.3) is 0 Å². The van der Waals surface area contributed by atoms with Crippen LogP contribution in [0.5, 0.6) is 11.5 Å². The van der Waals surface area contributed by atoms with E-state index in [1.807, 2.05) is 0 Å². The topological polar surface area (TPSA) is 74.6 Å². The van der Waals surface area contributed by atoms with Crippen molar-refractivity contribution in [1.82, 2.24) is 0 Å². The summed E-state index contributed by atoms with van der Waals surface area (Å²) in [5.74, 6) is -0.744. The van der Waals surface area contributed by atoms with Crippen LogP contribution < -0.4 is 0 Å². The molecule has 0 heterocycles. The SMILES string of the molecule is Cc1cc(S(=O)(=O)c2ccccc2)cc(O)c1O. The van der Waals surface area contributed by atoms with Gasteiger partial charge in [-0.1, -0.05) is 18.2 Å². The van der Waals surface area contributed by atoms with E-state index in [2.05, 4.69) is 0 Å². The number of rotatable bonds is 2. The number of hydrogen-bond donors (Lipinski definition) is 2. The van der Waals surface area contributed by atoms with Crippen LogP contribution in [0, 0.1) is 6.92 Å². The highest BCUT2D eigenvalue weighted by Gasteiger charge is 2.19. The molecular formula is C13H12O4S. The zero-order chi connectivity index (χ0) is 13.3. The molecule has 2 N–H and O–H groups in total. The fourth-order valence-electron chi connectivity index (χ4n) is 1.62. The first-order chi connectivity index (χ1) is 8.43. The first kappa shape index (κ1) is 12.4. The van der Waals surface area contributed by atoms with E-state index in [4.69, 9.17) is 0 Å². The number of benzene rings is 2. The Bertz CT molecular complexity index is 652. The van der Waals surface area contributed by atoms with Crippen molar-refractivity contribution >= 4 is 9.84 Å². The van der Waals surface area contributed by atoms with Crippen molar-refractivity contribution in [2.75, 3.05) is 0 Å². The molecule has 0 bridgehead atoms. The molecule has 0 atom stereocenters. The minimum Gasteiger partial charge on any atom is -0.504 e. The van der Waals surface area contributed by atoms with Crippen molar-refractivity contribution < 1.29 is 18.6 Å². The molecule has 0 aliphatic heterocycles. The Kier molecular flexibility index (Phi) is 3.00. The second-order valence-electron chi connectivity index (χ2n) is 3.92. The number of hydrogen-bond acceptors (Lipinski definition) is 4. The van der Waals surface area contributed by atoms with Crippen LogP contribution in [0.4, 0.5) is 0 Å². The van der Waals surface area contributed by atoms with E-state index in [9.17, 15) is 18.6 Å². The maximum atomic E-state index is 12.3. The predicted molar refractivity (Wildman–Crippen MR) is 66.4 cm³/mol. The summed E-state index contributed by atoms with van der Waals surface area (Å²) in [4.78, 5) is 0.107. The van der Waals surface area contributed by atoms with Gasteiger partial charge in [-0.3, -0.25) is 0 Å². The van der Waals surface area contributed by atoms with Crippen LogP contribution in [0.3, 0.4) is 0 Å². The molecule has 2 aromatic rings. The fourth-order valence-corrected chi connectivity index (χ4v) is 3.01. The summed E-state index contributed by atoms with van der Waals surface area (Å²) in [5.41, 5.74) is 0.310. The fraction of sp³-hybridized carbons (Fsp3) is 0.0769. The molecule has 0 radical (unpaired) electrons. The molecule has 0 fully saturated rings. The lowest BCUT2D eigenvalue weighted by Gasteiger charge is -2.08. The first-order valence-electron chi connectivity index (χ1n) is 5.25. The molecule has 2 aromatic carbocycles. The van der Waals surface area contributed by atoms with Crippen molar-refractivity contribution in [3.05, 3.63) is 48.0 Å². The van der Waals surface area contributed by atoms with E-state index in [1.54, 1.807) is 18.2 Å². The third-order valence-electron chi connectivity index (χ3n) is 2.62. The van der Waals surface area contributed by atoms with Crippen molar-refractivity contribution in [3.63, 3.8) is 0 Å². The van der Waals surface area contributed by atoms with Gasteiger partial charge < -0.3 is 10.2 Å². The number of sulfone groups is 1. The normalized spacial score (nSPS) is 11.4. The predicted octanol–water partition coefficient (Wildman–Crippen LogP) is 2.24. The summed E-state index contributed by atoms with van der Waals surface area (Å²) in [6, 6.07) is 10.3. The molecule has 94 valence electrons. The van der Waals surface area contributed by atoms with Crippen molar-refractivity contribution in [2.24, 2.45) is 0 Å². The summed E-state index contributed by atoms with van der Waals surface area (Å²) < 4.78 is 24.5. The molecule has 0 aliphatic rings. The summed E-state index contributed by atoms with van der Waals surface area (Å²) in [5, 5.41) is 18.9. The molecule has 0 unspecified atom stereocenters. The monoisotopic (exact) mass is 264 g/mol. The maximum absolute atomic E-state index is 12.3. The lowest BCUT2D eigenvalue weighted by molar-refractivity contribution is 0.399. The summed E-state index contributed by atoms with van der Waals surface area (Å²) >= 11 is 0. The van der Waals surface area contributed by atoms with Crippen molar-refractivity contribution in [3.8, 4) is 11.5 Å². The zero-order valence-electron chi connectivity index (χ0n) is 9.66. The Morgan fingerprint density at radius 1 is 0.944 bits per heavy atom. The minimum absolute atomic E-state index is 0.0403. The molecule has 4 nitrogen and oxygen atoms in total. The number of aryl methyl sites for hydroxylation is 1. The largest absolute Gasteiger partial charge is 0.504 e. The molecule has 5 heteroatoms. The van der Waals surface area contributed by atoms with Gasteiger partial charge in [0, 0.05) is 6.07 Å². The van der Waals surface area contributed by atoms with Gasteiger partial charge >= 0.3 is 0 Å². The third-order valence-corrected chi connectivity index (χ3v) is 4.37. The van der Waals surface area contributed by atoms with Crippen LogP contribution in [-0.2, 0) is 9.84 Å². The summed E-state index contributed by atoms with van der Waals surface area (Å²) in [6.45, 7) is 1.53. The highest BCUT2D eigenvalue weighted by atomic mass is 32.2. The van der Waals surface area contributed by atoms with E-state index in [0.29, 0.717) is 5.56 Å². The summed E-state index contributed by atoms with van der Waals surface area (Å²) in [6.07, 6.45) is 0. The quantitative estimate of drug-likeness (QED) is 0.816. The molecule has 2 rings (SSSR count). The van der Waals surface area contributed by atoms with Gasteiger partial charge in [-0.25, -0.2) is 8.42 Å². The molecule has 0 spiro atoms. The van der Waals surface area contributed by atoms with E-state index in [1.165, 1.54) is 25.1 Å². The van der Waals surface area contributed by atoms with Gasteiger partial charge in [0.1, 0.15) is 0 Å². The van der Waals surface area contributed by atoms with Gasteiger partial charge in [-0.05, 0) is 30.7 Å². The van der Waals surface area contributed by atoms with E-state index < -0.39 is 15.6 Å². The van der Waals surface area contributed by atoms with Crippen LogP contribution in [0.1, 0.15) is 5.56 Å². The van der Waals surface area contributed by atoms with Crippen molar-refractivity contribution in [1.29, 1.82) is 0 Å². The number of aromatic hydroxyl groups is 2. The minimum atomic E-state index is -3.67. The van der Waals surface area contributed by atoms with Crippen LogP contribution in [0.15, 0.2) is 52.3 Å². The third kappa shape index (κ3) is 2.04. The number of phenols is 2. The lowest BCUT2D eigenvalue weighted by Crippen LogP contribution is -2.02. The Labute approximate surface area is 105 Å². The lowest BCUT2D eigenvalue weighted by atomic mass is 10.2. The maximum Gasteiger partial charge on any atom is 0.206 e. The van der Waals surface area contributed by atoms with Gasteiger partial charge in [0.05, 0.1) is 9.79 Å². The Balaban J connectivity index is 2.63. The van der Waals surface area contributed by atoms with Crippen LogP contribution in [0.25, 0.3) is 0 Å². The van der Waals surface area contributed by atoms with Gasteiger partial charge in [-0.15, -0.1) is 0 Å². The Hall–Kier alpha value is -2.01. The smallest absolute Gasteiger partial charge is 0.206 e. The molecule has 18 heavy (non-hydrogen) atoms. The molecule has 0 amide bonds. The highest BCUT2D eigenvalue weighted by molar-refractivity contribution is 7.91. The zero-order valence-corrected chi connectivity index (χ0v) is 10.5. The standard InChI is InChI=1S/C13H12O4S/c1-9-7-11(8-12(14)13(9)15)18(16,17)10-5-3-2-4-6-10/h2-8,14-15H,1H3. The van der Waals surface area contributed by atoms with Crippen LogP contribution in [0.2, 0.25) is 0 Å². The second-order valence-corrected chi connectivity index (χ2v) is 5.87. The summed E-state index contributed by atoms with van der Waals surface area (Å²) in [7, 11) is -3.67.